The molecule has 0 aliphatic heterocycles. The van der Waals surface area contributed by atoms with E-state index >= 15 is 0 Å². The number of carbonyl (C=O) groups is 1. The highest BCUT2D eigenvalue weighted by Crippen LogP contribution is 2.24. The van der Waals surface area contributed by atoms with Crippen LogP contribution in [0.5, 0.6) is 0 Å². The summed E-state index contributed by atoms with van der Waals surface area (Å²) < 4.78 is 0. The standard InChI is InChI=1S/C22H20ClNOS/c1-16-4-2-3-5-19(16)14-24-22(25)18-8-6-17(7-9-18)15-26-21-12-10-20(23)11-13-21/h2-13H,14-15H2,1H3,(H,24,25). The summed E-state index contributed by atoms with van der Waals surface area (Å²) in [6, 6.07) is 23.7. The van der Waals surface area contributed by atoms with Gasteiger partial charge in [0.1, 0.15) is 0 Å². The van der Waals surface area contributed by atoms with Gasteiger partial charge in [-0.05, 0) is 60.0 Å². The van der Waals surface area contributed by atoms with Gasteiger partial charge >= 0.3 is 0 Å². The van der Waals surface area contributed by atoms with Gasteiger partial charge in [-0.1, -0.05) is 48.0 Å². The SMILES string of the molecule is Cc1ccccc1CNC(=O)c1ccc(CSc2ccc(Cl)cc2)cc1. The Labute approximate surface area is 163 Å². The Morgan fingerprint density at radius 3 is 2.35 bits per heavy atom. The van der Waals surface area contributed by atoms with Crippen LogP contribution >= 0.6 is 23.4 Å². The molecule has 4 heteroatoms. The molecule has 1 amide bonds. The smallest absolute Gasteiger partial charge is 0.251 e. The van der Waals surface area contributed by atoms with E-state index in [2.05, 4.69) is 18.3 Å². The van der Waals surface area contributed by atoms with Crippen LogP contribution in [0.2, 0.25) is 5.02 Å². The molecule has 0 spiro atoms. The normalized spacial score (nSPS) is 10.5. The predicted molar refractivity (Wildman–Crippen MR) is 110 cm³/mol. The van der Waals surface area contributed by atoms with Crippen LogP contribution in [0.15, 0.2) is 77.7 Å². The van der Waals surface area contributed by atoms with E-state index in [0.717, 1.165) is 16.3 Å². The summed E-state index contributed by atoms with van der Waals surface area (Å²) >= 11 is 7.65. The third-order valence-electron chi connectivity index (χ3n) is 4.14. The first-order valence-corrected chi connectivity index (χ1v) is 9.78. The molecule has 2 nitrogen and oxygen atoms in total. The van der Waals surface area contributed by atoms with Gasteiger partial charge in [-0.15, -0.1) is 11.8 Å². The molecule has 0 atom stereocenters. The second kappa shape index (κ2) is 8.93. The Morgan fingerprint density at radius 1 is 0.962 bits per heavy atom. The van der Waals surface area contributed by atoms with Crippen LogP contribution in [0.4, 0.5) is 0 Å². The van der Waals surface area contributed by atoms with Crippen molar-refractivity contribution in [3.63, 3.8) is 0 Å². The van der Waals surface area contributed by atoms with Crippen molar-refractivity contribution in [2.75, 3.05) is 0 Å². The number of carbonyl (C=O) groups excluding carboxylic acids is 1. The second-order valence-corrected chi connectivity index (χ2v) is 7.53. The number of thioether (sulfide) groups is 1. The van der Waals surface area contributed by atoms with Crippen molar-refractivity contribution in [2.45, 2.75) is 24.1 Å². The summed E-state index contributed by atoms with van der Waals surface area (Å²) in [5, 5.41) is 3.73. The fraction of sp³-hybridized carbons (Fsp3) is 0.136. The maximum atomic E-state index is 12.3. The summed E-state index contributed by atoms with van der Waals surface area (Å²) in [6.07, 6.45) is 0. The molecule has 0 fully saturated rings. The Kier molecular flexibility index (Phi) is 6.37. The molecule has 0 unspecified atom stereocenters. The van der Waals surface area contributed by atoms with Crippen molar-refractivity contribution in [2.24, 2.45) is 0 Å². The number of halogens is 1. The number of nitrogens with one attached hydrogen (secondary N) is 1. The summed E-state index contributed by atoms with van der Waals surface area (Å²) in [6.45, 7) is 2.59. The van der Waals surface area contributed by atoms with Crippen LogP contribution in [0.25, 0.3) is 0 Å². The number of rotatable bonds is 6. The average Bonchev–Trinajstić information content (AvgIpc) is 2.67. The Balaban J connectivity index is 1.54. The van der Waals surface area contributed by atoms with Gasteiger partial charge in [0.25, 0.3) is 5.91 Å². The first-order chi connectivity index (χ1) is 12.6. The maximum Gasteiger partial charge on any atom is 0.251 e. The molecule has 0 bridgehead atoms. The molecule has 0 saturated heterocycles. The largest absolute Gasteiger partial charge is 0.348 e. The van der Waals surface area contributed by atoms with Gasteiger partial charge in [0.05, 0.1) is 0 Å². The van der Waals surface area contributed by atoms with Crippen LogP contribution in [-0.2, 0) is 12.3 Å². The van der Waals surface area contributed by atoms with Gasteiger partial charge < -0.3 is 5.32 Å². The number of aryl methyl sites for hydroxylation is 1. The zero-order chi connectivity index (χ0) is 18.4. The van der Waals surface area contributed by atoms with E-state index in [4.69, 9.17) is 11.6 Å². The van der Waals surface area contributed by atoms with Crippen LogP contribution in [0.1, 0.15) is 27.0 Å². The van der Waals surface area contributed by atoms with E-state index in [-0.39, 0.29) is 5.91 Å². The lowest BCUT2D eigenvalue weighted by Gasteiger charge is -2.08. The lowest BCUT2D eigenvalue weighted by molar-refractivity contribution is 0.0951. The van der Waals surface area contributed by atoms with Crippen molar-refractivity contribution in [3.05, 3.63) is 100 Å². The van der Waals surface area contributed by atoms with Gasteiger partial charge in [-0.25, -0.2) is 0 Å². The van der Waals surface area contributed by atoms with Gasteiger partial charge in [0.15, 0.2) is 0 Å². The summed E-state index contributed by atoms with van der Waals surface area (Å²) in [7, 11) is 0. The minimum atomic E-state index is -0.0508. The minimum absolute atomic E-state index is 0.0508. The molecule has 132 valence electrons. The number of benzene rings is 3. The van der Waals surface area contributed by atoms with Crippen molar-refractivity contribution < 1.29 is 4.79 Å². The number of hydrogen-bond acceptors (Lipinski definition) is 2. The van der Waals surface area contributed by atoms with Gasteiger partial charge in [0, 0.05) is 27.8 Å². The second-order valence-electron chi connectivity index (χ2n) is 6.05. The molecule has 0 aliphatic rings. The quantitative estimate of drug-likeness (QED) is 0.541. The van der Waals surface area contributed by atoms with Crippen molar-refractivity contribution in [1.82, 2.24) is 5.32 Å². The minimum Gasteiger partial charge on any atom is -0.348 e. The van der Waals surface area contributed by atoms with E-state index in [1.165, 1.54) is 16.0 Å². The highest BCUT2D eigenvalue weighted by atomic mass is 35.5. The van der Waals surface area contributed by atoms with Crippen molar-refractivity contribution in [1.29, 1.82) is 0 Å². The zero-order valence-electron chi connectivity index (χ0n) is 14.5. The molecule has 3 aromatic carbocycles. The van der Waals surface area contributed by atoms with Gasteiger partial charge in [0.2, 0.25) is 0 Å². The molecule has 3 rings (SSSR count). The van der Waals surface area contributed by atoms with Gasteiger partial charge in [-0.3, -0.25) is 4.79 Å². The molecule has 0 saturated carbocycles. The number of hydrogen-bond donors (Lipinski definition) is 1. The molecule has 0 radical (unpaired) electrons. The van der Waals surface area contributed by atoms with E-state index in [1.54, 1.807) is 11.8 Å². The molecular weight excluding hydrogens is 362 g/mol. The molecule has 0 aliphatic carbocycles. The number of amides is 1. The van der Waals surface area contributed by atoms with E-state index in [1.807, 2.05) is 66.7 Å². The average molecular weight is 382 g/mol. The van der Waals surface area contributed by atoms with Crippen molar-refractivity contribution in [3.8, 4) is 0 Å². The maximum absolute atomic E-state index is 12.3. The lowest BCUT2D eigenvalue weighted by atomic mass is 10.1. The van der Waals surface area contributed by atoms with Gasteiger partial charge in [-0.2, -0.15) is 0 Å². The van der Waals surface area contributed by atoms with Crippen LogP contribution < -0.4 is 5.32 Å². The third-order valence-corrected chi connectivity index (χ3v) is 5.47. The van der Waals surface area contributed by atoms with Crippen LogP contribution in [0.3, 0.4) is 0 Å². The topological polar surface area (TPSA) is 29.1 Å². The zero-order valence-corrected chi connectivity index (χ0v) is 16.1. The lowest BCUT2D eigenvalue weighted by Crippen LogP contribution is -2.23. The van der Waals surface area contributed by atoms with E-state index in [0.29, 0.717) is 12.1 Å². The van der Waals surface area contributed by atoms with Crippen LogP contribution in [0, 0.1) is 6.92 Å². The Morgan fingerprint density at radius 2 is 1.65 bits per heavy atom. The highest BCUT2D eigenvalue weighted by molar-refractivity contribution is 7.98. The molecule has 1 N–H and O–H groups in total. The predicted octanol–water partition coefficient (Wildman–Crippen LogP) is 5.87. The van der Waals surface area contributed by atoms with Crippen LogP contribution in [-0.4, -0.2) is 5.91 Å². The molecule has 0 aromatic heterocycles. The van der Waals surface area contributed by atoms with E-state index in [9.17, 15) is 4.79 Å². The molecule has 3 aromatic rings. The summed E-state index contributed by atoms with van der Waals surface area (Å²) in [5.41, 5.74) is 4.18. The fourth-order valence-corrected chi connectivity index (χ4v) is 3.52. The Hall–Kier alpha value is -2.23. The molecule has 0 heterocycles. The monoisotopic (exact) mass is 381 g/mol. The molecular formula is C22H20ClNOS. The first-order valence-electron chi connectivity index (χ1n) is 8.42. The Bertz CT molecular complexity index is 875. The van der Waals surface area contributed by atoms with E-state index < -0.39 is 0 Å². The first kappa shape index (κ1) is 18.6. The summed E-state index contributed by atoms with van der Waals surface area (Å²) in [5.74, 6) is 0.803. The highest BCUT2D eigenvalue weighted by Gasteiger charge is 2.06. The molecule has 26 heavy (non-hydrogen) atoms. The van der Waals surface area contributed by atoms with Crippen molar-refractivity contribution >= 4 is 29.3 Å². The third kappa shape index (κ3) is 5.13. The fourth-order valence-electron chi connectivity index (χ4n) is 2.54. The summed E-state index contributed by atoms with van der Waals surface area (Å²) in [4.78, 5) is 13.5.